The van der Waals surface area contributed by atoms with Gasteiger partial charge in [-0.2, -0.15) is 0 Å². The molecule has 1 heterocycles. The fraction of sp³-hybridized carbons (Fsp3) is 0.364. The summed E-state index contributed by atoms with van der Waals surface area (Å²) < 4.78 is 0. The summed E-state index contributed by atoms with van der Waals surface area (Å²) in [4.78, 5) is 26.6. The van der Waals surface area contributed by atoms with Crippen LogP contribution in [0.1, 0.15) is 23.8 Å². The van der Waals surface area contributed by atoms with Crippen LogP contribution in [0, 0.1) is 0 Å². The number of carbonyl (C=O) groups excluding carboxylic acids is 2. The summed E-state index contributed by atoms with van der Waals surface area (Å²) in [5, 5.41) is 5.12. The Bertz CT molecular complexity index is 406. The molecule has 2 amide bonds. The van der Waals surface area contributed by atoms with E-state index in [9.17, 15) is 9.59 Å². The summed E-state index contributed by atoms with van der Waals surface area (Å²) in [7, 11) is 0. The normalized spacial score (nSPS) is 9.71. The van der Waals surface area contributed by atoms with E-state index in [1.165, 1.54) is 6.07 Å². The molecule has 0 atom stereocenters. The minimum absolute atomic E-state index is 0.0602. The van der Waals surface area contributed by atoms with E-state index in [-0.39, 0.29) is 24.0 Å². The molecule has 6 heteroatoms. The molecule has 1 aromatic rings. The number of nitrogen functional groups attached to an aromatic ring is 1. The molecule has 0 aliphatic rings. The highest BCUT2D eigenvalue weighted by Gasteiger charge is 2.08. The Kier molecular flexibility index (Phi) is 4.93. The van der Waals surface area contributed by atoms with E-state index in [1.807, 2.05) is 6.92 Å². The van der Waals surface area contributed by atoms with Crippen LogP contribution >= 0.6 is 0 Å². The number of aromatic nitrogens is 1. The van der Waals surface area contributed by atoms with Crippen molar-refractivity contribution in [1.29, 1.82) is 0 Å². The lowest BCUT2D eigenvalue weighted by Gasteiger charge is -2.05. The lowest BCUT2D eigenvalue weighted by Crippen LogP contribution is -2.37. The molecule has 0 aliphatic carbocycles. The predicted molar refractivity (Wildman–Crippen MR) is 64.3 cm³/mol. The topological polar surface area (TPSA) is 97.1 Å². The predicted octanol–water partition coefficient (Wildman–Crippen LogP) is -0.0802. The number of nitrogens with two attached hydrogens (primary N) is 1. The maximum Gasteiger partial charge on any atom is 0.270 e. The minimum atomic E-state index is -0.413. The van der Waals surface area contributed by atoms with Gasteiger partial charge in [0.15, 0.2) is 0 Å². The van der Waals surface area contributed by atoms with Gasteiger partial charge < -0.3 is 16.4 Å². The van der Waals surface area contributed by atoms with E-state index in [1.54, 1.807) is 12.1 Å². The molecule has 4 N–H and O–H groups in total. The second-order valence-corrected chi connectivity index (χ2v) is 3.48. The van der Waals surface area contributed by atoms with Gasteiger partial charge in [-0.1, -0.05) is 13.0 Å². The van der Waals surface area contributed by atoms with Crippen LogP contribution in [0.25, 0.3) is 0 Å². The Morgan fingerprint density at radius 2 is 2.12 bits per heavy atom. The first-order chi connectivity index (χ1) is 8.13. The maximum absolute atomic E-state index is 11.6. The van der Waals surface area contributed by atoms with Crippen molar-refractivity contribution in [3.63, 3.8) is 0 Å². The van der Waals surface area contributed by atoms with Crippen LogP contribution < -0.4 is 16.4 Å². The molecule has 92 valence electrons. The number of rotatable bonds is 5. The van der Waals surface area contributed by atoms with Crippen molar-refractivity contribution in [3.05, 3.63) is 23.9 Å². The van der Waals surface area contributed by atoms with Crippen LogP contribution in [0.4, 0.5) is 5.82 Å². The summed E-state index contributed by atoms with van der Waals surface area (Å²) in [6.07, 6.45) is 0.858. The van der Waals surface area contributed by atoms with E-state index in [0.29, 0.717) is 6.54 Å². The van der Waals surface area contributed by atoms with Gasteiger partial charge >= 0.3 is 0 Å². The molecule has 0 saturated heterocycles. The van der Waals surface area contributed by atoms with Gasteiger partial charge in [-0.25, -0.2) is 4.98 Å². The van der Waals surface area contributed by atoms with E-state index in [2.05, 4.69) is 15.6 Å². The number of nitrogens with one attached hydrogen (secondary N) is 2. The lowest BCUT2D eigenvalue weighted by molar-refractivity contribution is -0.120. The summed E-state index contributed by atoms with van der Waals surface area (Å²) in [6, 6.07) is 4.76. The highest BCUT2D eigenvalue weighted by Crippen LogP contribution is 1.99. The Balaban J connectivity index is 2.42. The molecule has 0 bridgehead atoms. The largest absolute Gasteiger partial charge is 0.384 e. The average molecular weight is 236 g/mol. The van der Waals surface area contributed by atoms with Crippen LogP contribution in [0.5, 0.6) is 0 Å². The average Bonchev–Trinajstić information content (AvgIpc) is 2.33. The monoisotopic (exact) mass is 236 g/mol. The zero-order valence-corrected chi connectivity index (χ0v) is 9.69. The highest BCUT2D eigenvalue weighted by molar-refractivity contribution is 5.95. The van der Waals surface area contributed by atoms with Crippen molar-refractivity contribution in [3.8, 4) is 0 Å². The van der Waals surface area contributed by atoms with Crippen LogP contribution in [0.15, 0.2) is 18.2 Å². The molecule has 0 aliphatic heterocycles. The van der Waals surface area contributed by atoms with Gasteiger partial charge in [0.1, 0.15) is 11.5 Å². The standard InChI is InChI=1S/C11H16N4O2/c1-2-6-13-10(16)7-14-11(17)8-4-3-5-9(12)15-8/h3-5H,2,6-7H2,1H3,(H2,12,15)(H,13,16)(H,14,17). The molecule has 1 rings (SSSR count). The van der Waals surface area contributed by atoms with Gasteiger partial charge in [0.25, 0.3) is 5.91 Å². The van der Waals surface area contributed by atoms with Gasteiger partial charge in [-0.15, -0.1) is 0 Å². The first-order valence-corrected chi connectivity index (χ1v) is 5.41. The van der Waals surface area contributed by atoms with Gasteiger partial charge in [0.2, 0.25) is 5.91 Å². The number of nitrogens with zero attached hydrogens (tertiary/aromatic N) is 1. The van der Waals surface area contributed by atoms with Crippen molar-refractivity contribution < 1.29 is 9.59 Å². The molecular formula is C11H16N4O2. The molecule has 0 saturated carbocycles. The number of amides is 2. The van der Waals surface area contributed by atoms with Crippen LogP contribution in [0.3, 0.4) is 0 Å². The van der Waals surface area contributed by atoms with Gasteiger partial charge in [-0.3, -0.25) is 9.59 Å². The van der Waals surface area contributed by atoms with E-state index in [0.717, 1.165) is 6.42 Å². The van der Waals surface area contributed by atoms with Crippen LogP contribution in [-0.2, 0) is 4.79 Å². The Morgan fingerprint density at radius 1 is 1.35 bits per heavy atom. The Hall–Kier alpha value is -2.11. The van der Waals surface area contributed by atoms with Crippen molar-refractivity contribution >= 4 is 17.6 Å². The third kappa shape index (κ3) is 4.50. The van der Waals surface area contributed by atoms with Crippen LogP contribution in [0.2, 0.25) is 0 Å². The summed E-state index contributed by atoms with van der Waals surface area (Å²) >= 11 is 0. The minimum Gasteiger partial charge on any atom is -0.384 e. The number of anilines is 1. The summed E-state index contributed by atoms with van der Waals surface area (Å²) in [6.45, 7) is 2.50. The number of hydrogen-bond acceptors (Lipinski definition) is 4. The second-order valence-electron chi connectivity index (χ2n) is 3.48. The van der Waals surface area contributed by atoms with Gasteiger partial charge in [0.05, 0.1) is 6.54 Å². The molecule has 0 aromatic carbocycles. The zero-order chi connectivity index (χ0) is 12.7. The number of hydrogen-bond donors (Lipinski definition) is 3. The number of carbonyl (C=O) groups is 2. The zero-order valence-electron chi connectivity index (χ0n) is 9.69. The third-order valence-electron chi connectivity index (χ3n) is 1.98. The van der Waals surface area contributed by atoms with Gasteiger partial charge in [0, 0.05) is 6.54 Å². The molecule has 0 unspecified atom stereocenters. The molecule has 6 nitrogen and oxygen atoms in total. The number of pyridine rings is 1. The fourth-order valence-corrected chi connectivity index (χ4v) is 1.16. The Labute approximate surface area is 99.6 Å². The van der Waals surface area contributed by atoms with E-state index in [4.69, 9.17) is 5.73 Å². The smallest absolute Gasteiger partial charge is 0.270 e. The fourth-order valence-electron chi connectivity index (χ4n) is 1.16. The van der Waals surface area contributed by atoms with Crippen molar-refractivity contribution in [2.24, 2.45) is 0 Å². The lowest BCUT2D eigenvalue weighted by atomic mass is 10.3. The highest BCUT2D eigenvalue weighted by atomic mass is 16.2. The van der Waals surface area contributed by atoms with Gasteiger partial charge in [-0.05, 0) is 18.6 Å². The van der Waals surface area contributed by atoms with E-state index < -0.39 is 5.91 Å². The summed E-state index contributed by atoms with van der Waals surface area (Å²) in [5.41, 5.74) is 5.65. The first-order valence-electron chi connectivity index (χ1n) is 5.41. The molecule has 0 spiro atoms. The molecule has 1 aromatic heterocycles. The summed E-state index contributed by atoms with van der Waals surface area (Å²) in [5.74, 6) is -0.360. The second kappa shape index (κ2) is 6.47. The molecule has 0 radical (unpaired) electrons. The molecule has 17 heavy (non-hydrogen) atoms. The molecular weight excluding hydrogens is 220 g/mol. The maximum atomic E-state index is 11.6. The first kappa shape index (κ1) is 13.0. The van der Waals surface area contributed by atoms with Crippen molar-refractivity contribution in [1.82, 2.24) is 15.6 Å². The SMILES string of the molecule is CCCNC(=O)CNC(=O)c1cccc(N)n1. The van der Waals surface area contributed by atoms with Crippen LogP contribution in [-0.4, -0.2) is 29.9 Å². The third-order valence-corrected chi connectivity index (χ3v) is 1.98. The van der Waals surface area contributed by atoms with Crippen molar-refractivity contribution in [2.75, 3.05) is 18.8 Å². The van der Waals surface area contributed by atoms with E-state index >= 15 is 0 Å². The quantitative estimate of drug-likeness (QED) is 0.666. The molecule has 0 fully saturated rings. The van der Waals surface area contributed by atoms with Crippen molar-refractivity contribution in [2.45, 2.75) is 13.3 Å². The Morgan fingerprint density at radius 3 is 2.76 bits per heavy atom.